The standard InChI is InChI=1S/C18H15ClFN3OS/c19-16-10-14(20)4-7-17(16)22-18(24)12-25-11-13-2-5-15(6-3-13)23-9-1-8-21-23/h1-10H,11-12H2,(H,22,24). The van der Waals surface area contributed by atoms with Gasteiger partial charge in [-0.25, -0.2) is 9.07 Å². The Bertz CT molecular complexity index is 853. The Kier molecular flexibility index (Phi) is 5.73. The SMILES string of the molecule is O=C(CSCc1ccc(-n2cccn2)cc1)Nc1ccc(F)cc1Cl. The Morgan fingerprint density at radius 1 is 1.24 bits per heavy atom. The molecule has 1 N–H and O–H groups in total. The van der Waals surface area contributed by atoms with E-state index in [1.54, 1.807) is 10.9 Å². The molecule has 0 aliphatic carbocycles. The average Bonchev–Trinajstić information content (AvgIpc) is 3.13. The topological polar surface area (TPSA) is 46.9 Å². The van der Waals surface area contributed by atoms with Crippen LogP contribution in [0.3, 0.4) is 0 Å². The number of aromatic nitrogens is 2. The van der Waals surface area contributed by atoms with Gasteiger partial charge in [0, 0.05) is 18.1 Å². The van der Waals surface area contributed by atoms with Crippen molar-refractivity contribution in [2.75, 3.05) is 11.1 Å². The number of nitrogens with zero attached hydrogens (tertiary/aromatic N) is 2. The largest absolute Gasteiger partial charge is 0.324 e. The van der Waals surface area contributed by atoms with Gasteiger partial charge in [0.1, 0.15) is 5.82 Å². The summed E-state index contributed by atoms with van der Waals surface area (Å²) in [6, 6.07) is 13.8. The van der Waals surface area contributed by atoms with Crippen LogP contribution in [0.15, 0.2) is 60.9 Å². The van der Waals surface area contributed by atoms with Crippen LogP contribution < -0.4 is 5.32 Å². The fourth-order valence-electron chi connectivity index (χ4n) is 2.21. The summed E-state index contributed by atoms with van der Waals surface area (Å²) in [5.41, 5.74) is 2.52. The Balaban J connectivity index is 1.48. The number of carbonyl (C=O) groups is 1. The summed E-state index contributed by atoms with van der Waals surface area (Å²) >= 11 is 7.39. The maximum Gasteiger partial charge on any atom is 0.234 e. The number of carbonyl (C=O) groups excluding carboxylic acids is 1. The second-order valence-corrected chi connectivity index (χ2v) is 6.68. The number of halogens is 2. The van der Waals surface area contributed by atoms with Gasteiger partial charge < -0.3 is 5.32 Å². The molecular formula is C18H15ClFN3OS. The molecule has 0 saturated heterocycles. The monoisotopic (exact) mass is 375 g/mol. The second kappa shape index (κ2) is 8.18. The van der Waals surface area contributed by atoms with E-state index in [-0.39, 0.29) is 16.7 Å². The van der Waals surface area contributed by atoms with E-state index in [1.165, 1.54) is 30.0 Å². The van der Waals surface area contributed by atoms with Crippen LogP contribution in [0, 0.1) is 5.82 Å². The zero-order chi connectivity index (χ0) is 17.6. The first kappa shape index (κ1) is 17.5. The highest BCUT2D eigenvalue weighted by Crippen LogP contribution is 2.23. The minimum atomic E-state index is -0.434. The molecule has 0 spiro atoms. The molecule has 4 nitrogen and oxygen atoms in total. The predicted octanol–water partition coefficient (Wildman–Crippen LogP) is 4.54. The fourth-order valence-corrected chi connectivity index (χ4v) is 3.21. The number of anilines is 1. The number of amides is 1. The van der Waals surface area contributed by atoms with Gasteiger partial charge in [-0.15, -0.1) is 11.8 Å². The van der Waals surface area contributed by atoms with E-state index in [4.69, 9.17) is 11.6 Å². The van der Waals surface area contributed by atoms with E-state index < -0.39 is 5.82 Å². The first-order valence-corrected chi connectivity index (χ1v) is 9.07. The summed E-state index contributed by atoms with van der Waals surface area (Å²) < 4.78 is 14.8. The molecule has 0 radical (unpaired) electrons. The third-order valence-electron chi connectivity index (χ3n) is 3.41. The molecule has 0 fully saturated rings. The molecule has 7 heteroatoms. The van der Waals surface area contributed by atoms with E-state index in [0.717, 1.165) is 11.3 Å². The van der Waals surface area contributed by atoms with Gasteiger partial charge in [0.15, 0.2) is 0 Å². The Morgan fingerprint density at radius 2 is 2.04 bits per heavy atom. The molecule has 25 heavy (non-hydrogen) atoms. The van der Waals surface area contributed by atoms with Gasteiger partial charge in [-0.05, 0) is 42.0 Å². The summed E-state index contributed by atoms with van der Waals surface area (Å²) in [6.07, 6.45) is 3.62. The molecule has 3 aromatic rings. The highest BCUT2D eigenvalue weighted by Gasteiger charge is 2.07. The number of nitrogens with one attached hydrogen (secondary N) is 1. The number of thioether (sulfide) groups is 1. The van der Waals surface area contributed by atoms with Gasteiger partial charge in [0.05, 0.1) is 22.2 Å². The Labute approximate surface area is 154 Å². The molecule has 0 bridgehead atoms. The lowest BCUT2D eigenvalue weighted by molar-refractivity contribution is -0.113. The Morgan fingerprint density at radius 3 is 2.72 bits per heavy atom. The highest BCUT2D eigenvalue weighted by atomic mass is 35.5. The molecule has 0 atom stereocenters. The van der Waals surface area contributed by atoms with Gasteiger partial charge in [0.25, 0.3) is 0 Å². The van der Waals surface area contributed by atoms with Crippen LogP contribution in [0.2, 0.25) is 5.02 Å². The Hall–Kier alpha value is -2.31. The first-order chi connectivity index (χ1) is 12.1. The van der Waals surface area contributed by atoms with E-state index in [9.17, 15) is 9.18 Å². The van der Waals surface area contributed by atoms with Gasteiger partial charge in [-0.2, -0.15) is 5.10 Å². The van der Waals surface area contributed by atoms with E-state index in [2.05, 4.69) is 10.4 Å². The molecule has 2 aromatic carbocycles. The molecule has 0 saturated carbocycles. The lowest BCUT2D eigenvalue weighted by Crippen LogP contribution is -2.14. The zero-order valence-corrected chi connectivity index (χ0v) is 14.7. The van der Waals surface area contributed by atoms with Crippen LogP contribution in [0.1, 0.15) is 5.56 Å². The number of rotatable bonds is 6. The number of hydrogen-bond donors (Lipinski definition) is 1. The average molecular weight is 376 g/mol. The van der Waals surface area contributed by atoms with Crippen molar-refractivity contribution in [3.8, 4) is 5.69 Å². The van der Waals surface area contributed by atoms with E-state index in [0.29, 0.717) is 11.4 Å². The maximum absolute atomic E-state index is 13.0. The molecular weight excluding hydrogens is 361 g/mol. The van der Waals surface area contributed by atoms with Crippen molar-refractivity contribution >= 4 is 35.0 Å². The summed E-state index contributed by atoms with van der Waals surface area (Å²) in [5, 5.41) is 7.05. The normalized spacial score (nSPS) is 10.6. The lowest BCUT2D eigenvalue weighted by Gasteiger charge is -2.07. The molecule has 128 valence electrons. The van der Waals surface area contributed by atoms with Crippen molar-refractivity contribution in [2.24, 2.45) is 0 Å². The van der Waals surface area contributed by atoms with Crippen LogP contribution in [-0.4, -0.2) is 21.4 Å². The fraction of sp³-hybridized carbons (Fsp3) is 0.111. The summed E-state index contributed by atoms with van der Waals surface area (Å²) in [7, 11) is 0. The van der Waals surface area contributed by atoms with Crippen molar-refractivity contribution in [3.63, 3.8) is 0 Å². The zero-order valence-electron chi connectivity index (χ0n) is 13.2. The van der Waals surface area contributed by atoms with Crippen LogP contribution in [0.4, 0.5) is 10.1 Å². The van der Waals surface area contributed by atoms with Gasteiger partial charge in [-0.3, -0.25) is 4.79 Å². The van der Waals surface area contributed by atoms with Crippen molar-refractivity contribution in [1.82, 2.24) is 9.78 Å². The number of benzene rings is 2. The molecule has 1 amide bonds. The van der Waals surface area contributed by atoms with Gasteiger partial charge >= 0.3 is 0 Å². The third-order valence-corrected chi connectivity index (χ3v) is 4.73. The molecule has 1 aromatic heterocycles. The van der Waals surface area contributed by atoms with Crippen molar-refractivity contribution < 1.29 is 9.18 Å². The minimum Gasteiger partial charge on any atom is -0.324 e. The maximum atomic E-state index is 13.0. The summed E-state index contributed by atoms with van der Waals surface area (Å²) in [4.78, 5) is 12.0. The predicted molar refractivity (Wildman–Crippen MR) is 99.8 cm³/mol. The lowest BCUT2D eigenvalue weighted by atomic mass is 10.2. The van der Waals surface area contributed by atoms with Gasteiger partial charge in [0.2, 0.25) is 5.91 Å². The molecule has 0 aliphatic rings. The van der Waals surface area contributed by atoms with Gasteiger partial charge in [-0.1, -0.05) is 23.7 Å². The van der Waals surface area contributed by atoms with Crippen LogP contribution >= 0.6 is 23.4 Å². The van der Waals surface area contributed by atoms with Crippen molar-refractivity contribution in [3.05, 3.63) is 77.3 Å². The minimum absolute atomic E-state index is 0.174. The smallest absolute Gasteiger partial charge is 0.234 e. The van der Waals surface area contributed by atoms with E-state index >= 15 is 0 Å². The van der Waals surface area contributed by atoms with Crippen molar-refractivity contribution in [2.45, 2.75) is 5.75 Å². The van der Waals surface area contributed by atoms with Crippen LogP contribution in [0.25, 0.3) is 5.69 Å². The van der Waals surface area contributed by atoms with Crippen LogP contribution in [-0.2, 0) is 10.5 Å². The molecule has 3 rings (SSSR count). The van der Waals surface area contributed by atoms with E-state index in [1.807, 2.05) is 36.5 Å². The molecule has 1 heterocycles. The summed E-state index contributed by atoms with van der Waals surface area (Å²) in [6.45, 7) is 0. The first-order valence-electron chi connectivity index (χ1n) is 7.53. The number of hydrogen-bond acceptors (Lipinski definition) is 3. The summed E-state index contributed by atoms with van der Waals surface area (Å²) in [5.74, 6) is 0.390. The van der Waals surface area contributed by atoms with Crippen LogP contribution in [0.5, 0.6) is 0 Å². The quantitative estimate of drug-likeness (QED) is 0.688. The van der Waals surface area contributed by atoms with Crippen molar-refractivity contribution in [1.29, 1.82) is 0 Å². The highest BCUT2D eigenvalue weighted by molar-refractivity contribution is 7.99. The molecule has 0 aliphatic heterocycles. The molecule has 0 unspecified atom stereocenters. The third kappa shape index (κ3) is 4.84. The second-order valence-electron chi connectivity index (χ2n) is 5.28.